The van der Waals surface area contributed by atoms with Crippen molar-refractivity contribution < 1.29 is 139 Å². The summed E-state index contributed by atoms with van der Waals surface area (Å²) in [6.07, 6.45) is 2.38. The predicted molar refractivity (Wildman–Crippen MR) is 380 cm³/mol. The maximum Gasteiger partial charge on any atom is 0.308 e. The molecule has 0 aliphatic carbocycles. The molecule has 0 amide bonds. The van der Waals surface area contributed by atoms with E-state index >= 15 is 0 Å². The molecule has 5 saturated heterocycles. The zero-order valence-corrected chi connectivity index (χ0v) is 62.6. The minimum Gasteiger partial charge on any atom is -0.463 e. The lowest BCUT2D eigenvalue weighted by Crippen LogP contribution is -2.60. The van der Waals surface area contributed by atoms with Gasteiger partial charge in [-0.15, -0.1) is 0 Å². The molecule has 0 unspecified atom stereocenters. The summed E-state index contributed by atoms with van der Waals surface area (Å²) >= 11 is 0. The number of unbranched alkanes of at least 4 members (excludes halogenated alkanes) is 28. The number of esters is 2. The van der Waals surface area contributed by atoms with Gasteiger partial charge in [0, 0.05) is 0 Å². The average Bonchev–Trinajstić information content (AvgIpc) is 0.832. The molecule has 4 bridgehead atoms. The second-order valence-electron chi connectivity index (χ2n) is 30.6. The molecule has 16 N–H and O–H groups in total. The highest BCUT2D eigenvalue weighted by Gasteiger charge is 2.50. The molecule has 0 radical (unpaired) electrons. The van der Waals surface area contributed by atoms with E-state index in [1.165, 1.54) is 0 Å². The molecule has 0 aromatic heterocycles. The third-order valence-corrected chi connectivity index (χ3v) is 21.3. The van der Waals surface area contributed by atoms with Crippen LogP contribution < -0.4 is 0 Å². The largest absolute Gasteiger partial charge is 0.463 e. The van der Waals surface area contributed by atoms with Crippen molar-refractivity contribution in [3.05, 3.63) is 0 Å². The first kappa shape index (κ1) is 92.6. The Hall–Kier alpha value is -2.02. The molecule has 0 aromatic rings. The molecule has 0 aromatic carbocycles. The van der Waals surface area contributed by atoms with E-state index < -0.39 is 173 Å². The van der Waals surface area contributed by atoms with Gasteiger partial charge >= 0.3 is 11.9 Å². The van der Waals surface area contributed by atoms with Gasteiger partial charge in [-0.05, 0) is 65.2 Å². The minimum atomic E-state index is -1.77. The number of ether oxygens (including phenoxy) is 10. The monoisotopic (exact) mass is 1500 g/mol. The SMILES string of the molecule is C[C@H](O)CCCCCCCCC[C@H](CCCCCCCCCCCCC[C@H]1CC(=O)OC[C@H]2O[C@@H](O[C@H](CCCCCCCCCCC[C@H](CCCCCCC[C@H](C)O)O[C@@H]3O[C@H](CO)[C@@H](O)[C@H](O)[C@H]3O)CC(=O)OC[C@@H]3O[C@H](O1)[C@@H](O)[C@H](O)[C@H]3O)[C@H](O)[C@@H](O)[C@@H]2O)O[C@@H]1O[C@H](CO)[C@@H](O)[C@H](O)[C@H]1O. The summed E-state index contributed by atoms with van der Waals surface area (Å²) in [6.45, 7) is 1.43. The van der Waals surface area contributed by atoms with Crippen molar-refractivity contribution in [3.8, 4) is 0 Å². The second-order valence-corrected chi connectivity index (χ2v) is 30.6. The van der Waals surface area contributed by atoms with Crippen LogP contribution in [0.3, 0.4) is 0 Å². The van der Waals surface area contributed by atoms with Crippen molar-refractivity contribution in [1.82, 2.24) is 0 Å². The Morgan fingerprint density at radius 1 is 0.317 bits per heavy atom. The number of cyclic esters (lactones) is 2. The van der Waals surface area contributed by atoms with Gasteiger partial charge in [0.1, 0.15) is 111 Å². The Bertz CT molecular complexity index is 2170. The first-order valence-electron chi connectivity index (χ1n) is 40.3. The normalized spacial score (nSPS) is 33.9. The number of rotatable bonds is 50. The molecule has 0 saturated carbocycles. The van der Waals surface area contributed by atoms with Gasteiger partial charge in [0.05, 0.1) is 62.7 Å². The van der Waals surface area contributed by atoms with Crippen LogP contribution in [0.5, 0.6) is 0 Å². The minimum absolute atomic E-state index is 0.229. The van der Waals surface area contributed by atoms with E-state index in [4.69, 9.17) is 47.4 Å². The smallest absolute Gasteiger partial charge is 0.308 e. The quantitative estimate of drug-likeness (QED) is 0.0282. The summed E-state index contributed by atoms with van der Waals surface area (Å²) in [6, 6.07) is 0. The summed E-state index contributed by atoms with van der Waals surface area (Å²) in [5.74, 6) is -1.55. The lowest BCUT2D eigenvalue weighted by molar-refractivity contribution is -0.316. The van der Waals surface area contributed by atoms with E-state index in [1.54, 1.807) is 6.92 Å². The summed E-state index contributed by atoms with van der Waals surface area (Å²) in [5.41, 5.74) is 0. The second kappa shape index (κ2) is 53.0. The van der Waals surface area contributed by atoms with Crippen LogP contribution in [0, 0.1) is 0 Å². The molecule has 5 fully saturated rings. The Kier molecular flexibility index (Phi) is 47.2. The van der Waals surface area contributed by atoms with Crippen molar-refractivity contribution in [2.24, 2.45) is 0 Å². The highest BCUT2D eigenvalue weighted by atomic mass is 16.7. The van der Waals surface area contributed by atoms with E-state index in [0.29, 0.717) is 38.5 Å². The standard InChI is InChI=1S/C76H140O28/c1-49(79)35-27-19-12-11-17-23-31-39-51(97-73-69(91)65(87)61(83)55(45-77)101-73)37-29-21-13-7-4-3-5-8-15-24-33-41-53-43-59(81)95-47-58-64(86)68(90)72(94)76(104-58)100-54(44-60(82)96-48-57-63(85)67(89)71(93)75(99-53)103-57)42-34-25-16-10-6-9-14-22-30-38-52(40-32-26-18-20-28-36-50(2)80)98-74-70(92)66(88)62(84)56(46-78)102-74/h49-58,61-80,83-94H,3-48H2,1-2H3/t49-,50-,51-,52+,53-,54+,55+,56+,57-,58+,61+,62+,63-,64+,65-,66-,67+,68-,69+,70+,71-,72+,73+,74+,75-,76+/m0/s1. The van der Waals surface area contributed by atoms with E-state index in [1.807, 2.05) is 6.92 Å². The third-order valence-electron chi connectivity index (χ3n) is 21.3. The number of carbonyl (C=O) groups excluding carboxylic acids is 2. The van der Waals surface area contributed by atoms with Gasteiger partial charge in [0.2, 0.25) is 0 Å². The van der Waals surface area contributed by atoms with Crippen LogP contribution in [-0.2, 0) is 57.0 Å². The molecule has 104 heavy (non-hydrogen) atoms. The van der Waals surface area contributed by atoms with Crippen molar-refractivity contribution in [1.29, 1.82) is 0 Å². The summed E-state index contributed by atoms with van der Waals surface area (Å²) in [5, 5.41) is 167. The van der Waals surface area contributed by atoms with E-state index in [9.17, 15) is 91.3 Å². The van der Waals surface area contributed by atoms with Gasteiger partial charge in [0.15, 0.2) is 25.2 Å². The number of aliphatic hydroxyl groups excluding tert-OH is 16. The zero-order valence-electron chi connectivity index (χ0n) is 62.6. The molecule has 5 aliphatic heterocycles. The number of aliphatic hydroxyl groups is 16. The fourth-order valence-electron chi connectivity index (χ4n) is 14.6. The van der Waals surface area contributed by atoms with E-state index in [-0.39, 0.29) is 37.3 Å². The van der Waals surface area contributed by atoms with E-state index in [0.717, 1.165) is 218 Å². The summed E-state index contributed by atoms with van der Waals surface area (Å²) < 4.78 is 59.2. The number of hydrogen-bond acceptors (Lipinski definition) is 28. The van der Waals surface area contributed by atoms with Gasteiger partial charge in [0.25, 0.3) is 0 Å². The molecular formula is C76H140O28. The maximum atomic E-state index is 13.6. The molecular weight excluding hydrogens is 1360 g/mol. The van der Waals surface area contributed by atoms with Crippen LogP contribution in [0.25, 0.3) is 0 Å². The molecule has 28 nitrogen and oxygen atoms in total. The Morgan fingerprint density at radius 2 is 0.577 bits per heavy atom. The van der Waals surface area contributed by atoms with Gasteiger partial charge in [-0.3, -0.25) is 9.59 Å². The molecule has 5 rings (SSSR count). The number of hydrogen-bond donors (Lipinski definition) is 16. The zero-order chi connectivity index (χ0) is 75.8. The van der Waals surface area contributed by atoms with Gasteiger partial charge in [-0.25, -0.2) is 0 Å². The van der Waals surface area contributed by atoms with Crippen molar-refractivity contribution in [3.63, 3.8) is 0 Å². The van der Waals surface area contributed by atoms with Crippen LogP contribution in [0.4, 0.5) is 0 Å². The highest BCUT2D eigenvalue weighted by molar-refractivity contribution is 5.70. The molecule has 28 heteroatoms. The van der Waals surface area contributed by atoms with Crippen molar-refractivity contribution >= 4 is 11.9 Å². The Labute approximate surface area is 617 Å². The first-order valence-corrected chi connectivity index (χ1v) is 40.3. The Balaban J connectivity index is 1.02. The summed E-state index contributed by atoms with van der Waals surface area (Å²) in [4.78, 5) is 27.2. The molecule has 5 aliphatic rings. The number of carbonyl (C=O) groups is 2. The highest BCUT2D eigenvalue weighted by Crippen LogP contribution is 2.33. The van der Waals surface area contributed by atoms with Crippen LogP contribution in [-0.4, -0.2) is 280 Å². The van der Waals surface area contributed by atoms with Crippen LogP contribution in [0.1, 0.15) is 284 Å². The first-order chi connectivity index (χ1) is 50.0. The number of fused-ring (bicyclic) bond motifs is 4. The predicted octanol–water partition coefficient (Wildman–Crippen LogP) is 4.99. The van der Waals surface area contributed by atoms with Gasteiger partial charge in [-0.2, -0.15) is 0 Å². The maximum absolute atomic E-state index is 13.6. The van der Waals surface area contributed by atoms with Crippen LogP contribution in [0.15, 0.2) is 0 Å². The van der Waals surface area contributed by atoms with Crippen molar-refractivity contribution in [2.45, 2.75) is 443 Å². The fraction of sp³-hybridized carbons (Fsp3) is 0.974. The van der Waals surface area contributed by atoms with Crippen molar-refractivity contribution in [2.75, 3.05) is 26.4 Å². The summed E-state index contributed by atoms with van der Waals surface area (Å²) in [7, 11) is 0. The Morgan fingerprint density at radius 3 is 0.856 bits per heavy atom. The topological polar surface area (TPSA) is 450 Å². The van der Waals surface area contributed by atoms with Crippen LogP contribution >= 0.6 is 0 Å². The molecule has 0 spiro atoms. The van der Waals surface area contributed by atoms with Gasteiger partial charge in [-0.1, -0.05) is 205 Å². The van der Waals surface area contributed by atoms with Gasteiger partial charge < -0.3 is 129 Å². The molecule has 612 valence electrons. The third kappa shape index (κ3) is 34.7. The lowest BCUT2D eigenvalue weighted by atomic mass is 9.98. The molecule has 5 heterocycles. The van der Waals surface area contributed by atoms with Crippen LogP contribution in [0.2, 0.25) is 0 Å². The van der Waals surface area contributed by atoms with E-state index in [2.05, 4.69) is 0 Å². The fourth-order valence-corrected chi connectivity index (χ4v) is 14.6. The lowest BCUT2D eigenvalue weighted by Gasteiger charge is -2.42. The molecule has 26 atom stereocenters. The average molecular weight is 1500 g/mol.